The number of benzene rings is 1. The zero-order chi connectivity index (χ0) is 17.2. The number of urea groups is 1. The van der Waals surface area contributed by atoms with Crippen LogP contribution in [-0.2, 0) is 4.79 Å². The summed E-state index contributed by atoms with van der Waals surface area (Å²) < 4.78 is 1.84. The Balaban J connectivity index is 2.08. The van der Waals surface area contributed by atoms with Gasteiger partial charge in [0.2, 0.25) is 0 Å². The number of amides is 2. The molecule has 0 aliphatic carbocycles. The van der Waals surface area contributed by atoms with Crippen LogP contribution in [0.3, 0.4) is 0 Å². The molecule has 0 radical (unpaired) electrons. The number of carbonyl (C=O) groups is 2. The van der Waals surface area contributed by atoms with Crippen LogP contribution in [0.2, 0.25) is 0 Å². The molecular weight excluding hydrogens is 300 g/mol. The lowest BCUT2D eigenvalue weighted by Crippen LogP contribution is -2.47. The van der Waals surface area contributed by atoms with Crippen molar-refractivity contribution in [2.45, 2.75) is 32.4 Å². The second-order valence-corrected chi connectivity index (χ2v) is 5.84. The van der Waals surface area contributed by atoms with Gasteiger partial charge in [0.05, 0.1) is 18.3 Å². The fraction of sp³-hybridized carbons (Fsp3) is 0.400. The number of rotatable bonds is 5. The van der Waals surface area contributed by atoms with Crippen molar-refractivity contribution in [3.05, 3.63) is 24.4 Å². The number of fused-ring (bicyclic) bond motifs is 1. The molecule has 1 unspecified atom stereocenters. The van der Waals surface area contributed by atoms with Gasteiger partial charge >= 0.3 is 12.0 Å². The van der Waals surface area contributed by atoms with Crippen LogP contribution in [0.5, 0.6) is 0 Å². The van der Waals surface area contributed by atoms with Crippen LogP contribution in [0.15, 0.2) is 24.4 Å². The Morgan fingerprint density at radius 2 is 2.09 bits per heavy atom. The molecule has 8 heteroatoms. The van der Waals surface area contributed by atoms with Crippen molar-refractivity contribution in [1.29, 1.82) is 0 Å². The Kier molecular flexibility index (Phi) is 4.55. The van der Waals surface area contributed by atoms with Crippen LogP contribution in [0, 0.1) is 0 Å². The van der Waals surface area contributed by atoms with E-state index in [-0.39, 0.29) is 6.04 Å². The number of aliphatic hydroxyl groups is 1. The summed E-state index contributed by atoms with van der Waals surface area (Å²) in [5.74, 6) is -1.40. The first-order valence-electron chi connectivity index (χ1n) is 7.18. The summed E-state index contributed by atoms with van der Waals surface area (Å²) in [5, 5.41) is 28.5. The molecule has 1 aromatic heterocycles. The van der Waals surface area contributed by atoms with E-state index < -0.39 is 24.1 Å². The normalized spacial score (nSPS) is 13.8. The summed E-state index contributed by atoms with van der Waals surface area (Å²) in [6.45, 7) is 4.73. The molecule has 23 heavy (non-hydrogen) atoms. The van der Waals surface area contributed by atoms with E-state index in [0.717, 1.165) is 17.8 Å². The highest BCUT2D eigenvalue weighted by Gasteiger charge is 2.30. The third-order valence-electron chi connectivity index (χ3n) is 3.40. The molecule has 124 valence electrons. The minimum Gasteiger partial charge on any atom is -0.479 e. The van der Waals surface area contributed by atoms with E-state index in [9.17, 15) is 14.7 Å². The topological polar surface area (TPSA) is 116 Å². The summed E-state index contributed by atoms with van der Waals surface area (Å²) in [7, 11) is 0. The van der Waals surface area contributed by atoms with Crippen molar-refractivity contribution in [2.24, 2.45) is 0 Å². The number of nitrogens with zero attached hydrogens (tertiary/aromatic N) is 2. The van der Waals surface area contributed by atoms with Crippen LogP contribution in [-0.4, -0.2) is 44.1 Å². The molecule has 0 saturated carbocycles. The molecule has 0 fully saturated rings. The number of aliphatic carboxylic acids is 1. The quantitative estimate of drug-likeness (QED) is 0.667. The lowest BCUT2D eigenvalue weighted by Gasteiger charge is -2.18. The second kappa shape index (κ2) is 6.25. The van der Waals surface area contributed by atoms with Crippen LogP contribution in [0.1, 0.15) is 26.8 Å². The Bertz CT molecular complexity index is 736. The van der Waals surface area contributed by atoms with Gasteiger partial charge in [-0.25, -0.2) is 9.59 Å². The monoisotopic (exact) mass is 320 g/mol. The molecule has 1 heterocycles. The van der Waals surface area contributed by atoms with Crippen LogP contribution in [0.25, 0.3) is 10.9 Å². The fourth-order valence-electron chi connectivity index (χ4n) is 2.03. The van der Waals surface area contributed by atoms with Crippen LogP contribution < -0.4 is 10.6 Å². The molecule has 2 aromatic rings. The third-order valence-corrected chi connectivity index (χ3v) is 3.40. The van der Waals surface area contributed by atoms with E-state index in [4.69, 9.17) is 5.11 Å². The molecular formula is C15H20N4O4. The summed E-state index contributed by atoms with van der Waals surface area (Å²) in [6, 6.07) is 4.94. The van der Waals surface area contributed by atoms with Gasteiger partial charge in [0.1, 0.15) is 0 Å². The number of carboxylic acid groups (broad SMARTS) is 1. The number of hydrogen-bond donors (Lipinski definition) is 4. The lowest BCUT2D eigenvalue weighted by molar-refractivity contribution is -0.155. The molecule has 0 spiro atoms. The Morgan fingerprint density at radius 3 is 2.70 bits per heavy atom. The summed E-state index contributed by atoms with van der Waals surface area (Å²) in [6.07, 6.45) is 1.75. The van der Waals surface area contributed by atoms with Crippen molar-refractivity contribution < 1.29 is 19.8 Å². The third kappa shape index (κ3) is 3.78. The van der Waals surface area contributed by atoms with Gasteiger partial charge < -0.3 is 20.8 Å². The van der Waals surface area contributed by atoms with Gasteiger partial charge in [0.15, 0.2) is 5.60 Å². The first-order chi connectivity index (χ1) is 10.7. The van der Waals surface area contributed by atoms with Gasteiger partial charge in [0.25, 0.3) is 0 Å². The maximum atomic E-state index is 11.8. The van der Waals surface area contributed by atoms with E-state index >= 15 is 0 Å². The van der Waals surface area contributed by atoms with Gasteiger partial charge in [-0.3, -0.25) is 4.68 Å². The van der Waals surface area contributed by atoms with E-state index in [1.807, 2.05) is 24.6 Å². The van der Waals surface area contributed by atoms with Crippen molar-refractivity contribution in [1.82, 2.24) is 15.1 Å². The average molecular weight is 320 g/mol. The summed E-state index contributed by atoms with van der Waals surface area (Å²) >= 11 is 0. The fourth-order valence-corrected chi connectivity index (χ4v) is 2.03. The second-order valence-electron chi connectivity index (χ2n) is 5.84. The molecule has 0 bridgehead atoms. The lowest BCUT2D eigenvalue weighted by atomic mass is 10.1. The number of hydrogen-bond acceptors (Lipinski definition) is 4. The van der Waals surface area contributed by atoms with E-state index in [1.165, 1.54) is 0 Å². The molecule has 0 saturated heterocycles. The molecule has 2 rings (SSSR count). The zero-order valence-corrected chi connectivity index (χ0v) is 13.2. The van der Waals surface area contributed by atoms with Crippen LogP contribution in [0.4, 0.5) is 10.5 Å². The smallest absolute Gasteiger partial charge is 0.337 e. The maximum absolute atomic E-state index is 11.8. The molecule has 4 N–H and O–H groups in total. The minimum absolute atomic E-state index is 0.183. The van der Waals surface area contributed by atoms with Gasteiger partial charge in [-0.15, -0.1) is 0 Å². The van der Waals surface area contributed by atoms with Crippen molar-refractivity contribution in [3.8, 4) is 0 Å². The first kappa shape index (κ1) is 16.8. The molecule has 2 amide bonds. The summed E-state index contributed by atoms with van der Waals surface area (Å²) in [4.78, 5) is 22.6. The largest absolute Gasteiger partial charge is 0.479 e. The van der Waals surface area contributed by atoms with E-state index in [1.54, 1.807) is 18.3 Å². The predicted molar refractivity (Wildman–Crippen MR) is 85.4 cm³/mol. The Morgan fingerprint density at radius 1 is 1.39 bits per heavy atom. The zero-order valence-electron chi connectivity index (χ0n) is 13.2. The maximum Gasteiger partial charge on any atom is 0.337 e. The van der Waals surface area contributed by atoms with Gasteiger partial charge in [0, 0.05) is 17.1 Å². The minimum atomic E-state index is -2.02. The van der Waals surface area contributed by atoms with Gasteiger partial charge in [-0.2, -0.15) is 5.10 Å². The van der Waals surface area contributed by atoms with Crippen LogP contribution >= 0.6 is 0 Å². The Labute approximate surface area is 133 Å². The average Bonchev–Trinajstić information content (AvgIpc) is 2.88. The van der Waals surface area contributed by atoms with Gasteiger partial charge in [-0.05, 0) is 39.0 Å². The number of anilines is 1. The van der Waals surface area contributed by atoms with E-state index in [0.29, 0.717) is 5.69 Å². The molecule has 8 nitrogen and oxygen atoms in total. The standard InChI is InChI=1S/C15H20N4O4/c1-9(2)19-12-6-11(5-4-10(12)7-17-19)18-14(22)16-8-15(3,23)13(20)21/h4-7,9,23H,8H2,1-3H3,(H,20,21)(H2,16,18,22). The molecule has 1 aromatic carbocycles. The molecule has 1 atom stereocenters. The number of aromatic nitrogens is 2. The highest BCUT2D eigenvalue weighted by atomic mass is 16.4. The highest BCUT2D eigenvalue weighted by molar-refractivity contribution is 5.93. The first-order valence-corrected chi connectivity index (χ1v) is 7.18. The Hall–Kier alpha value is -2.61. The van der Waals surface area contributed by atoms with Crippen molar-refractivity contribution in [3.63, 3.8) is 0 Å². The summed E-state index contributed by atoms with van der Waals surface area (Å²) in [5.41, 5.74) is -0.583. The van der Waals surface area contributed by atoms with Gasteiger partial charge in [-0.1, -0.05) is 0 Å². The predicted octanol–water partition coefficient (Wildman–Crippen LogP) is 1.57. The number of carbonyl (C=O) groups excluding carboxylic acids is 1. The molecule has 0 aliphatic heterocycles. The van der Waals surface area contributed by atoms with Crippen molar-refractivity contribution in [2.75, 3.05) is 11.9 Å². The van der Waals surface area contributed by atoms with E-state index in [2.05, 4.69) is 15.7 Å². The number of nitrogens with one attached hydrogen (secondary N) is 2. The molecule has 0 aliphatic rings. The highest BCUT2D eigenvalue weighted by Crippen LogP contribution is 2.21. The van der Waals surface area contributed by atoms with Crippen molar-refractivity contribution >= 4 is 28.6 Å². The SMILES string of the molecule is CC(C)n1ncc2ccc(NC(=O)NCC(C)(O)C(=O)O)cc21. The number of carboxylic acids is 1.